The van der Waals surface area contributed by atoms with Crippen LogP contribution in [0.15, 0.2) is 12.7 Å². The van der Waals surface area contributed by atoms with Gasteiger partial charge >= 0.3 is 0 Å². The topological polar surface area (TPSA) is 20.3 Å². The molecule has 1 heterocycles. The number of hydrogen-bond donors (Lipinski definition) is 0. The molecule has 0 aromatic rings. The molecule has 1 rings (SSSR count). The van der Waals surface area contributed by atoms with Gasteiger partial charge in [0.15, 0.2) is 5.78 Å². The Morgan fingerprint density at radius 3 is 3.09 bits per heavy atom. The number of ketones is 1. The maximum Gasteiger partial charge on any atom is 0.150 e. The summed E-state index contributed by atoms with van der Waals surface area (Å²) in [4.78, 5) is 11.3. The summed E-state index contributed by atoms with van der Waals surface area (Å²) in [5, 5.41) is 0. The first-order chi connectivity index (χ1) is 5.25. The summed E-state index contributed by atoms with van der Waals surface area (Å²) < 4.78 is 2.04. The third-order valence-electron chi connectivity index (χ3n) is 2.00. The fourth-order valence-electron chi connectivity index (χ4n) is 1.37. The van der Waals surface area contributed by atoms with E-state index in [0.29, 0.717) is 5.78 Å². The van der Waals surface area contributed by atoms with Crippen molar-refractivity contribution in [2.75, 3.05) is 6.54 Å². The molecule has 0 aliphatic carbocycles. The van der Waals surface area contributed by atoms with Gasteiger partial charge in [-0.1, -0.05) is 15.5 Å². The van der Waals surface area contributed by atoms with Crippen molar-refractivity contribution in [2.45, 2.75) is 25.3 Å². The summed E-state index contributed by atoms with van der Waals surface area (Å²) in [5.74, 6) is 0.353. The van der Waals surface area contributed by atoms with E-state index in [1.165, 1.54) is 0 Å². The van der Waals surface area contributed by atoms with Crippen LogP contribution in [0.25, 0.3) is 0 Å². The molecular weight excluding hydrogens is 157 g/mol. The second-order valence-electron chi connectivity index (χ2n) is 2.85. The Morgan fingerprint density at radius 1 is 1.82 bits per heavy atom. The summed E-state index contributed by atoms with van der Waals surface area (Å²) >= 11 is 0. The Bertz CT molecular complexity index is 169. The number of carbonyl (C=O) groups excluding carboxylic acids is 1. The molecule has 2 atom stereocenters. The molecule has 3 heteroatoms. The van der Waals surface area contributed by atoms with Crippen LogP contribution in [-0.4, -0.2) is 23.0 Å². The van der Waals surface area contributed by atoms with Crippen LogP contribution < -0.4 is 0 Å². The van der Waals surface area contributed by atoms with Gasteiger partial charge < -0.3 is 0 Å². The van der Waals surface area contributed by atoms with Gasteiger partial charge in [0.1, 0.15) is 0 Å². The van der Waals surface area contributed by atoms with Gasteiger partial charge in [0.25, 0.3) is 0 Å². The molecule has 0 spiro atoms. The number of Topliss-reactive ketones (excluding diaryl/α,β-unsaturated/α-hetero) is 1. The molecule has 0 saturated carbocycles. The number of piperidine rings is 1. The first-order valence-electron chi connectivity index (χ1n) is 3.90. The number of nitrogens with zero attached hydrogens (tertiary/aromatic N) is 1. The Kier molecular flexibility index (Phi) is 3.22. The monoisotopic (exact) mass is 171 g/mol. The van der Waals surface area contributed by atoms with Gasteiger partial charge in [-0.2, -0.15) is 0 Å². The molecular formula is C8H14NOP. The largest absolute Gasteiger partial charge is 0.298 e. The molecule has 2 nitrogen and oxygen atoms in total. The lowest BCUT2D eigenvalue weighted by molar-refractivity contribution is -0.124. The molecule has 11 heavy (non-hydrogen) atoms. The van der Waals surface area contributed by atoms with E-state index in [1.54, 1.807) is 0 Å². The summed E-state index contributed by atoms with van der Waals surface area (Å²) in [6.45, 7) is 4.64. The second-order valence-corrected chi connectivity index (χ2v) is 3.51. The minimum atomic E-state index is 0.0752. The molecule has 1 aliphatic rings. The van der Waals surface area contributed by atoms with Crippen LogP contribution in [0, 0.1) is 0 Å². The predicted molar refractivity (Wildman–Crippen MR) is 49.3 cm³/mol. The highest BCUT2D eigenvalue weighted by Gasteiger charge is 2.25. The molecule has 0 radical (unpaired) electrons. The summed E-state index contributed by atoms with van der Waals surface area (Å²) in [5.41, 5.74) is 0. The van der Waals surface area contributed by atoms with Crippen molar-refractivity contribution in [3.8, 4) is 0 Å². The van der Waals surface area contributed by atoms with Gasteiger partial charge in [-0.25, -0.2) is 0 Å². The van der Waals surface area contributed by atoms with Gasteiger partial charge in [-0.15, -0.1) is 6.58 Å². The fourth-order valence-corrected chi connectivity index (χ4v) is 1.84. The molecule has 0 aromatic carbocycles. The molecule has 1 aliphatic heterocycles. The number of hydrogen-bond acceptors (Lipinski definition) is 2. The zero-order valence-electron chi connectivity index (χ0n) is 6.62. The SMILES string of the molecule is C=CCC1C(=O)CCCN1P. The maximum absolute atomic E-state index is 11.3. The van der Waals surface area contributed by atoms with Crippen molar-refractivity contribution >= 4 is 15.2 Å². The van der Waals surface area contributed by atoms with Gasteiger partial charge in [0.2, 0.25) is 0 Å². The average molecular weight is 171 g/mol. The first kappa shape index (κ1) is 8.89. The number of rotatable bonds is 2. The van der Waals surface area contributed by atoms with Crippen LogP contribution in [0.5, 0.6) is 0 Å². The van der Waals surface area contributed by atoms with Crippen molar-refractivity contribution in [3.63, 3.8) is 0 Å². The normalized spacial score (nSPS) is 27.0. The van der Waals surface area contributed by atoms with Gasteiger partial charge in [0, 0.05) is 13.0 Å². The van der Waals surface area contributed by atoms with E-state index in [-0.39, 0.29) is 6.04 Å². The molecule has 0 bridgehead atoms. The molecule has 2 unspecified atom stereocenters. The smallest absolute Gasteiger partial charge is 0.150 e. The van der Waals surface area contributed by atoms with E-state index in [2.05, 4.69) is 16.0 Å². The molecule has 62 valence electrons. The molecule has 0 aromatic heterocycles. The third-order valence-corrected chi connectivity index (χ3v) is 2.62. The summed E-state index contributed by atoms with van der Waals surface area (Å²) in [7, 11) is 2.61. The van der Waals surface area contributed by atoms with Gasteiger partial charge in [-0.05, 0) is 12.8 Å². The zero-order valence-corrected chi connectivity index (χ0v) is 7.78. The molecule has 1 fully saturated rings. The third kappa shape index (κ3) is 2.11. The lowest BCUT2D eigenvalue weighted by Crippen LogP contribution is -2.39. The van der Waals surface area contributed by atoms with E-state index in [1.807, 2.05) is 10.7 Å². The zero-order chi connectivity index (χ0) is 8.27. The second kappa shape index (κ2) is 3.99. The minimum absolute atomic E-state index is 0.0752. The summed E-state index contributed by atoms with van der Waals surface area (Å²) in [6.07, 6.45) is 4.33. The van der Waals surface area contributed by atoms with Crippen molar-refractivity contribution in [3.05, 3.63) is 12.7 Å². The van der Waals surface area contributed by atoms with Crippen molar-refractivity contribution in [2.24, 2.45) is 0 Å². The van der Waals surface area contributed by atoms with E-state index >= 15 is 0 Å². The number of carbonyl (C=O) groups is 1. The highest BCUT2D eigenvalue weighted by molar-refractivity contribution is 7.13. The Labute approximate surface area is 69.9 Å². The summed E-state index contributed by atoms with van der Waals surface area (Å²) in [6, 6.07) is 0.0752. The van der Waals surface area contributed by atoms with E-state index in [0.717, 1.165) is 25.8 Å². The minimum Gasteiger partial charge on any atom is -0.298 e. The maximum atomic E-state index is 11.3. The average Bonchev–Trinajstić information content (AvgIpc) is 1.97. The van der Waals surface area contributed by atoms with Gasteiger partial charge in [0.05, 0.1) is 6.04 Å². The Balaban J connectivity index is 2.54. The molecule has 0 N–H and O–H groups in total. The van der Waals surface area contributed by atoms with E-state index < -0.39 is 0 Å². The molecule has 0 amide bonds. The quantitative estimate of drug-likeness (QED) is 0.462. The van der Waals surface area contributed by atoms with Crippen LogP contribution in [0.2, 0.25) is 0 Å². The van der Waals surface area contributed by atoms with Crippen molar-refractivity contribution in [1.82, 2.24) is 4.67 Å². The highest BCUT2D eigenvalue weighted by Crippen LogP contribution is 2.19. The van der Waals surface area contributed by atoms with Crippen molar-refractivity contribution in [1.29, 1.82) is 0 Å². The van der Waals surface area contributed by atoms with E-state index in [9.17, 15) is 4.79 Å². The van der Waals surface area contributed by atoms with E-state index in [4.69, 9.17) is 0 Å². The Hall–Kier alpha value is -0.200. The van der Waals surface area contributed by atoms with Crippen LogP contribution in [-0.2, 0) is 4.79 Å². The lowest BCUT2D eigenvalue weighted by atomic mass is 10.0. The standard InChI is InChI=1S/C8H14NOP/c1-2-4-7-8(10)5-3-6-9(7)11/h2,7H,1,3-6,11H2. The van der Waals surface area contributed by atoms with Crippen LogP contribution in [0.3, 0.4) is 0 Å². The van der Waals surface area contributed by atoms with Crippen LogP contribution in [0.4, 0.5) is 0 Å². The van der Waals surface area contributed by atoms with Crippen LogP contribution >= 0.6 is 9.39 Å². The van der Waals surface area contributed by atoms with Gasteiger partial charge in [-0.3, -0.25) is 9.46 Å². The fraction of sp³-hybridized carbons (Fsp3) is 0.625. The predicted octanol–water partition coefficient (Wildman–Crippen LogP) is 1.39. The lowest BCUT2D eigenvalue weighted by Gasteiger charge is -2.29. The molecule has 1 saturated heterocycles. The van der Waals surface area contributed by atoms with Crippen LogP contribution in [0.1, 0.15) is 19.3 Å². The Morgan fingerprint density at radius 2 is 2.55 bits per heavy atom. The highest BCUT2D eigenvalue weighted by atomic mass is 31.0. The van der Waals surface area contributed by atoms with Crippen molar-refractivity contribution < 1.29 is 4.79 Å². The first-order valence-corrected chi connectivity index (χ1v) is 4.42.